The van der Waals surface area contributed by atoms with Crippen LogP contribution >= 0.6 is 0 Å². The molecule has 2 aromatic rings. The van der Waals surface area contributed by atoms with Gasteiger partial charge in [0.2, 0.25) is 17.6 Å². The van der Waals surface area contributed by atoms with Crippen LogP contribution in [0.2, 0.25) is 0 Å². The SMILES string of the molecule is CC(=O)Nc1ccc(C(=O)COC(=O)c2ccc(CO)cc2)c(NC(C)=O)c1. The topological polar surface area (TPSA) is 122 Å². The summed E-state index contributed by atoms with van der Waals surface area (Å²) < 4.78 is 5.04. The molecule has 2 rings (SSSR count). The van der Waals surface area contributed by atoms with Crippen molar-refractivity contribution in [3.63, 3.8) is 0 Å². The molecule has 0 aliphatic carbocycles. The summed E-state index contributed by atoms with van der Waals surface area (Å²) in [7, 11) is 0. The number of ether oxygens (including phenoxy) is 1. The highest BCUT2D eigenvalue weighted by Crippen LogP contribution is 2.22. The number of Topliss-reactive ketones (excluding diaryl/α,β-unsaturated/α-hetero) is 1. The van der Waals surface area contributed by atoms with Gasteiger partial charge >= 0.3 is 5.97 Å². The van der Waals surface area contributed by atoms with E-state index in [-0.39, 0.29) is 29.3 Å². The number of benzene rings is 2. The normalized spacial score (nSPS) is 10.1. The zero-order chi connectivity index (χ0) is 20.7. The first-order chi connectivity index (χ1) is 13.3. The van der Waals surface area contributed by atoms with Crippen molar-refractivity contribution in [3.8, 4) is 0 Å². The Hall–Kier alpha value is -3.52. The van der Waals surface area contributed by atoms with E-state index in [9.17, 15) is 19.2 Å². The van der Waals surface area contributed by atoms with Crippen molar-refractivity contribution in [2.45, 2.75) is 20.5 Å². The maximum atomic E-state index is 12.5. The Morgan fingerprint density at radius 3 is 2.14 bits per heavy atom. The van der Waals surface area contributed by atoms with Gasteiger partial charge in [0, 0.05) is 25.1 Å². The fraction of sp³-hybridized carbons (Fsp3) is 0.200. The number of rotatable bonds is 7. The average Bonchev–Trinajstić information content (AvgIpc) is 2.65. The second kappa shape index (κ2) is 9.43. The summed E-state index contributed by atoms with van der Waals surface area (Å²) >= 11 is 0. The van der Waals surface area contributed by atoms with E-state index < -0.39 is 24.3 Å². The van der Waals surface area contributed by atoms with E-state index in [1.54, 1.807) is 12.1 Å². The molecule has 0 aromatic heterocycles. The van der Waals surface area contributed by atoms with E-state index in [4.69, 9.17) is 9.84 Å². The highest BCUT2D eigenvalue weighted by Gasteiger charge is 2.16. The van der Waals surface area contributed by atoms with Crippen molar-refractivity contribution in [2.75, 3.05) is 17.2 Å². The fourth-order valence-electron chi connectivity index (χ4n) is 2.40. The van der Waals surface area contributed by atoms with E-state index in [1.807, 2.05) is 0 Å². The van der Waals surface area contributed by atoms with Crippen molar-refractivity contribution in [1.82, 2.24) is 0 Å². The Morgan fingerprint density at radius 2 is 1.57 bits per heavy atom. The minimum absolute atomic E-state index is 0.145. The van der Waals surface area contributed by atoms with E-state index in [1.165, 1.54) is 44.2 Å². The second-order valence-corrected chi connectivity index (χ2v) is 5.98. The molecule has 0 fully saturated rings. The number of aliphatic hydroxyl groups is 1. The third-order valence-electron chi connectivity index (χ3n) is 3.66. The van der Waals surface area contributed by atoms with Gasteiger partial charge in [-0.1, -0.05) is 12.1 Å². The number of esters is 1. The predicted octanol–water partition coefficient (Wildman–Crippen LogP) is 2.14. The predicted molar refractivity (Wildman–Crippen MR) is 102 cm³/mol. The lowest BCUT2D eigenvalue weighted by Gasteiger charge is -2.12. The fourth-order valence-corrected chi connectivity index (χ4v) is 2.40. The summed E-state index contributed by atoms with van der Waals surface area (Å²) in [6.45, 7) is 1.96. The Bertz CT molecular complexity index is 905. The van der Waals surface area contributed by atoms with Crippen LogP contribution in [0.25, 0.3) is 0 Å². The average molecular weight is 384 g/mol. The molecule has 8 heteroatoms. The van der Waals surface area contributed by atoms with Crippen molar-refractivity contribution in [1.29, 1.82) is 0 Å². The molecule has 0 aliphatic rings. The Balaban J connectivity index is 2.12. The molecule has 0 saturated heterocycles. The number of amides is 2. The lowest BCUT2D eigenvalue weighted by Crippen LogP contribution is -2.17. The molecule has 2 amide bonds. The molecule has 8 nitrogen and oxygen atoms in total. The third kappa shape index (κ3) is 5.75. The van der Waals surface area contributed by atoms with Crippen LogP contribution in [0.1, 0.15) is 40.1 Å². The van der Waals surface area contributed by atoms with Gasteiger partial charge in [-0.2, -0.15) is 0 Å². The maximum Gasteiger partial charge on any atom is 0.338 e. The molecule has 2 aromatic carbocycles. The van der Waals surface area contributed by atoms with Crippen LogP contribution in [0, 0.1) is 0 Å². The molecule has 0 saturated carbocycles. The van der Waals surface area contributed by atoms with E-state index >= 15 is 0 Å². The molecule has 0 aliphatic heterocycles. The molecule has 0 heterocycles. The molecule has 0 radical (unpaired) electrons. The zero-order valence-corrected chi connectivity index (χ0v) is 15.4. The van der Waals surface area contributed by atoms with Crippen LogP contribution in [0.3, 0.4) is 0 Å². The van der Waals surface area contributed by atoms with Crippen LogP contribution < -0.4 is 10.6 Å². The molecular weight excluding hydrogens is 364 g/mol. The molecule has 0 spiro atoms. The summed E-state index contributed by atoms with van der Waals surface area (Å²) in [5, 5.41) is 14.1. The van der Waals surface area contributed by atoms with Gasteiger partial charge in [-0.15, -0.1) is 0 Å². The second-order valence-electron chi connectivity index (χ2n) is 5.98. The lowest BCUT2D eigenvalue weighted by molar-refractivity contribution is -0.115. The zero-order valence-electron chi connectivity index (χ0n) is 15.4. The number of anilines is 2. The van der Waals surface area contributed by atoms with Gasteiger partial charge in [-0.3, -0.25) is 14.4 Å². The molecular formula is C20H20N2O6. The van der Waals surface area contributed by atoms with Gasteiger partial charge in [0.05, 0.1) is 17.9 Å². The first-order valence-electron chi connectivity index (χ1n) is 8.39. The molecule has 0 bridgehead atoms. The number of carbonyl (C=O) groups excluding carboxylic acids is 4. The first kappa shape index (κ1) is 20.8. The summed E-state index contributed by atoms with van der Waals surface area (Å²) in [5.41, 5.74) is 1.65. The number of nitrogens with one attached hydrogen (secondary N) is 2. The monoisotopic (exact) mass is 384 g/mol. The van der Waals surface area contributed by atoms with Gasteiger partial charge in [0.15, 0.2) is 6.61 Å². The Kier molecular flexibility index (Phi) is 7.00. The minimum atomic E-state index is -0.686. The minimum Gasteiger partial charge on any atom is -0.454 e. The van der Waals surface area contributed by atoms with Crippen molar-refractivity contribution >= 4 is 34.9 Å². The standard InChI is InChI=1S/C20H20N2O6/c1-12(24)21-16-7-8-17(18(9-16)22-13(2)25)19(26)11-28-20(27)15-5-3-14(10-23)4-6-15/h3-9,23H,10-11H2,1-2H3,(H,21,24)(H,22,25). The third-order valence-corrected chi connectivity index (χ3v) is 3.66. The van der Waals surface area contributed by atoms with E-state index in [0.717, 1.165) is 0 Å². The molecule has 0 unspecified atom stereocenters. The molecule has 3 N–H and O–H groups in total. The van der Waals surface area contributed by atoms with E-state index in [2.05, 4.69) is 10.6 Å². The smallest absolute Gasteiger partial charge is 0.338 e. The van der Waals surface area contributed by atoms with Crippen molar-refractivity contribution in [2.24, 2.45) is 0 Å². The van der Waals surface area contributed by atoms with Crippen LogP contribution in [0.15, 0.2) is 42.5 Å². The summed E-state index contributed by atoms with van der Waals surface area (Å²) in [6, 6.07) is 10.5. The van der Waals surface area contributed by atoms with E-state index in [0.29, 0.717) is 11.3 Å². The first-order valence-corrected chi connectivity index (χ1v) is 8.39. The van der Waals surface area contributed by atoms with Crippen molar-refractivity contribution < 1.29 is 29.0 Å². The van der Waals surface area contributed by atoms with Crippen LogP contribution in [0.5, 0.6) is 0 Å². The largest absolute Gasteiger partial charge is 0.454 e. The van der Waals surface area contributed by atoms with Gasteiger partial charge in [0.25, 0.3) is 0 Å². The lowest BCUT2D eigenvalue weighted by atomic mass is 10.1. The summed E-state index contributed by atoms with van der Waals surface area (Å²) in [6.07, 6.45) is 0. The summed E-state index contributed by atoms with van der Waals surface area (Å²) in [4.78, 5) is 47.1. The van der Waals surface area contributed by atoms with Crippen LogP contribution in [-0.4, -0.2) is 35.3 Å². The highest BCUT2D eigenvalue weighted by atomic mass is 16.5. The molecule has 0 atom stereocenters. The van der Waals surface area contributed by atoms with Gasteiger partial charge in [-0.05, 0) is 35.9 Å². The number of ketones is 1. The van der Waals surface area contributed by atoms with Gasteiger partial charge in [-0.25, -0.2) is 4.79 Å². The number of aliphatic hydroxyl groups excluding tert-OH is 1. The Morgan fingerprint density at radius 1 is 0.929 bits per heavy atom. The summed E-state index contributed by atoms with van der Waals surface area (Å²) in [5.74, 6) is -1.89. The quantitative estimate of drug-likeness (QED) is 0.497. The number of hydrogen-bond donors (Lipinski definition) is 3. The number of carbonyl (C=O) groups is 4. The van der Waals surface area contributed by atoms with Crippen LogP contribution in [-0.2, 0) is 20.9 Å². The van der Waals surface area contributed by atoms with Gasteiger partial charge < -0.3 is 20.5 Å². The van der Waals surface area contributed by atoms with Crippen molar-refractivity contribution in [3.05, 3.63) is 59.2 Å². The highest BCUT2D eigenvalue weighted by molar-refractivity contribution is 6.07. The van der Waals surface area contributed by atoms with Gasteiger partial charge in [0.1, 0.15) is 0 Å². The van der Waals surface area contributed by atoms with Crippen LogP contribution in [0.4, 0.5) is 11.4 Å². The maximum absolute atomic E-state index is 12.5. The number of hydrogen-bond acceptors (Lipinski definition) is 6. The molecule has 146 valence electrons. The molecule has 28 heavy (non-hydrogen) atoms. The Labute approximate surface area is 161 Å².